The molecule has 0 fully saturated rings. The number of carbonyl (C=O) groups excluding carboxylic acids is 1. The standard InChI is InChI=1S/C24H28N2O3S/c1-4-9-21(27)19-16-18-11-7-13-22(29-14-8-15-30(3)28)23(18)26-24(19)25-20-12-6-5-10-17(20)2/h5-7,10-13,16H,4,8-9,14-15H2,1-3H3,(H,25,26). The van der Waals surface area contributed by atoms with E-state index in [2.05, 4.69) is 5.32 Å². The maximum Gasteiger partial charge on any atom is 0.166 e. The number of aromatic nitrogens is 1. The van der Waals surface area contributed by atoms with E-state index in [9.17, 15) is 9.00 Å². The Bertz CT molecular complexity index is 1070. The third-order valence-corrected chi connectivity index (χ3v) is 5.68. The minimum Gasteiger partial charge on any atom is -0.491 e. The number of Topliss-reactive ketones (excluding diaryl/α,β-unsaturated/α-hetero) is 1. The van der Waals surface area contributed by atoms with Gasteiger partial charge in [0.05, 0.1) is 12.2 Å². The normalized spacial score (nSPS) is 12.0. The first kappa shape index (κ1) is 22.0. The molecule has 0 saturated heterocycles. The van der Waals surface area contributed by atoms with E-state index in [-0.39, 0.29) is 5.78 Å². The molecule has 0 aliphatic heterocycles. The number of pyridine rings is 1. The first-order valence-corrected chi connectivity index (χ1v) is 11.9. The van der Waals surface area contributed by atoms with Crippen LogP contribution in [-0.4, -0.2) is 33.6 Å². The first-order chi connectivity index (χ1) is 14.5. The second-order valence-corrected chi connectivity index (χ2v) is 8.86. The fraction of sp³-hybridized carbons (Fsp3) is 0.333. The number of nitrogens with zero attached hydrogens (tertiary/aromatic N) is 1. The largest absolute Gasteiger partial charge is 0.491 e. The van der Waals surface area contributed by atoms with Gasteiger partial charge in [-0.25, -0.2) is 4.98 Å². The maximum absolute atomic E-state index is 12.8. The Labute approximate surface area is 180 Å². The van der Waals surface area contributed by atoms with Gasteiger partial charge in [0.25, 0.3) is 0 Å². The molecule has 5 nitrogen and oxygen atoms in total. The van der Waals surface area contributed by atoms with E-state index in [1.54, 1.807) is 6.26 Å². The number of para-hydroxylation sites is 2. The van der Waals surface area contributed by atoms with E-state index < -0.39 is 10.8 Å². The number of benzene rings is 2. The number of anilines is 2. The van der Waals surface area contributed by atoms with E-state index in [1.165, 1.54) is 0 Å². The predicted molar refractivity (Wildman–Crippen MR) is 124 cm³/mol. The van der Waals surface area contributed by atoms with Crippen molar-refractivity contribution in [1.82, 2.24) is 4.98 Å². The van der Waals surface area contributed by atoms with E-state index in [0.29, 0.717) is 47.8 Å². The fourth-order valence-corrected chi connectivity index (χ4v) is 3.77. The van der Waals surface area contributed by atoms with Gasteiger partial charge in [0.2, 0.25) is 0 Å². The second-order valence-electron chi connectivity index (χ2n) is 7.30. The van der Waals surface area contributed by atoms with Crippen LogP contribution in [0.3, 0.4) is 0 Å². The van der Waals surface area contributed by atoms with Crippen molar-refractivity contribution in [2.24, 2.45) is 0 Å². The third kappa shape index (κ3) is 5.45. The molecule has 2 aromatic carbocycles. The average molecular weight is 425 g/mol. The smallest absolute Gasteiger partial charge is 0.166 e. The van der Waals surface area contributed by atoms with Gasteiger partial charge in [-0.05, 0) is 43.5 Å². The van der Waals surface area contributed by atoms with Crippen LogP contribution in [0, 0.1) is 6.92 Å². The fourth-order valence-electron chi connectivity index (χ4n) is 3.24. The molecule has 0 radical (unpaired) electrons. The zero-order chi connectivity index (χ0) is 21.5. The number of aryl methyl sites for hydroxylation is 1. The monoisotopic (exact) mass is 424 g/mol. The molecule has 1 unspecified atom stereocenters. The average Bonchev–Trinajstić information content (AvgIpc) is 2.72. The predicted octanol–water partition coefficient (Wildman–Crippen LogP) is 5.42. The SMILES string of the molecule is CCCC(=O)c1cc2cccc(OCCCS(C)=O)c2nc1Nc1ccccc1C. The number of hydrogen-bond donors (Lipinski definition) is 1. The lowest BCUT2D eigenvalue weighted by atomic mass is 10.0. The highest BCUT2D eigenvalue weighted by Gasteiger charge is 2.16. The lowest BCUT2D eigenvalue weighted by Gasteiger charge is -2.15. The summed E-state index contributed by atoms with van der Waals surface area (Å²) in [6.07, 6.45) is 3.65. The van der Waals surface area contributed by atoms with Crippen LogP contribution < -0.4 is 10.1 Å². The van der Waals surface area contributed by atoms with Crippen LogP contribution in [0.4, 0.5) is 11.5 Å². The van der Waals surface area contributed by atoms with Crippen LogP contribution in [0.2, 0.25) is 0 Å². The maximum atomic E-state index is 12.8. The van der Waals surface area contributed by atoms with Crippen molar-refractivity contribution in [2.75, 3.05) is 23.9 Å². The molecule has 30 heavy (non-hydrogen) atoms. The molecule has 0 spiro atoms. The van der Waals surface area contributed by atoms with Crippen LogP contribution in [0.1, 0.15) is 42.1 Å². The van der Waals surface area contributed by atoms with Gasteiger partial charge >= 0.3 is 0 Å². The van der Waals surface area contributed by atoms with Gasteiger partial charge in [0, 0.05) is 40.3 Å². The van der Waals surface area contributed by atoms with Crippen LogP contribution in [0.25, 0.3) is 10.9 Å². The summed E-state index contributed by atoms with van der Waals surface area (Å²) in [5, 5.41) is 4.22. The number of hydrogen-bond acceptors (Lipinski definition) is 5. The lowest BCUT2D eigenvalue weighted by molar-refractivity contribution is 0.0982. The van der Waals surface area contributed by atoms with Crippen molar-refractivity contribution in [3.8, 4) is 5.75 Å². The minimum atomic E-state index is -0.833. The van der Waals surface area contributed by atoms with Crippen LogP contribution in [-0.2, 0) is 10.8 Å². The Morgan fingerprint density at radius 3 is 2.70 bits per heavy atom. The van der Waals surface area contributed by atoms with Crippen molar-refractivity contribution >= 4 is 39.0 Å². The molecule has 0 aliphatic carbocycles. The molecule has 6 heteroatoms. The summed E-state index contributed by atoms with van der Waals surface area (Å²) >= 11 is 0. The molecule has 0 amide bonds. The Kier molecular flexibility index (Phi) is 7.57. The van der Waals surface area contributed by atoms with Crippen molar-refractivity contribution in [1.29, 1.82) is 0 Å². The van der Waals surface area contributed by atoms with Gasteiger partial charge in [-0.15, -0.1) is 0 Å². The Balaban J connectivity index is 2.00. The molecular formula is C24H28N2O3S. The quantitative estimate of drug-likeness (QED) is 0.348. The number of carbonyl (C=O) groups is 1. The first-order valence-electron chi connectivity index (χ1n) is 10.2. The molecule has 3 aromatic rings. The molecule has 1 heterocycles. The number of ether oxygens (including phenoxy) is 1. The van der Waals surface area contributed by atoms with Gasteiger partial charge < -0.3 is 10.1 Å². The van der Waals surface area contributed by atoms with Crippen molar-refractivity contribution in [3.05, 3.63) is 59.7 Å². The molecule has 1 N–H and O–H groups in total. The van der Waals surface area contributed by atoms with Gasteiger partial charge in [0.15, 0.2) is 5.78 Å². The zero-order valence-corrected chi connectivity index (χ0v) is 18.6. The summed E-state index contributed by atoms with van der Waals surface area (Å²) in [6, 6.07) is 15.5. The van der Waals surface area contributed by atoms with Crippen molar-refractivity contribution in [3.63, 3.8) is 0 Å². The summed E-state index contributed by atoms with van der Waals surface area (Å²) in [7, 11) is -0.833. The highest BCUT2D eigenvalue weighted by Crippen LogP contribution is 2.31. The van der Waals surface area contributed by atoms with E-state index in [0.717, 1.165) is 23.1 Å². The lowest BCUT2D eigenvalue weighted by Crippen LogP contribution is -2.08. The zero-order valence-electron chi connectivity index (χ0n) is 17.7. The molecule has 3 rings (SSSR count). The number of ketones is 1. The van der Waals surface area contributed by atoms with Crippen LogP contribution in [0.5, 0.6) is 5.75 Å². The van der Waals surface area contributed by atoms with E-state index >= 15 is 0 Å². The molecule has 1 atom stereocenters. The van der Waals surface area contributed by atoms with Crippen molar-refractivity contribution < 1.29 is 13.7 Å². The Morgan fingerprint density at radius 2 is 1.97 bits per heavy atom. The van der Waals surface area contributed by atoms with E-state index in [4.69, 9.17) is 9.72 Å². The highest BCUT2D eigenvalue weighted by atomic mass is 32.2. The van der Waals surface area contributed by atoms with Gasteiger partial charge in [-0.1, -0.05) is 37.3 Å². The van der Waals surface area contributed by atoms with Crippen molar-refractivity contribution in [2.45, 2.75) is 33.1 Å². The summed E-state index contributed by atoms with van der Waals surface area (Å²) in [5.41, 5.74) is 3.29. The number of rotatable bonds is 10. The topological polar surface area (TPSA) is 68.3 Å². The molecule has 1 aromatic heterocycles. The summed E-state index contributed by atoms with van der Waals surface area (Å²) < 4.78 is 17.2. The Hall–Kier alpha value is -2.73. The molecule has 0 saturated carbocycles. The van der Waals surface area contributed by atoms with E-state index in [1.807, 2.05) is 62.4 Å². The van der Waals surface area contributed by atoms with Gasteiger partial charge in [-0.3, -0.25) is 9.00 Å². The molecule has 158 valence electrons. The Morgan fingerprint density at radius 1 is 1.17 bits per heavy atom. The summed E-state index contributed by atoms with van der Waals surface area (Å²) in [5.74, 6) is 1.88. The second kappa shape index (κ2) is 10.3. The summed E-state index contributed by atoms with van der Waals surface area (Å²) in [4.78, 5) is 17.6. The summed E-state index contributed by atoms with van der Waals surface area (Å²) in [6.45, 7) is 4.48. The molecular weight excluding hydrogens is 396 g/mol. The van der Waals surface area contributed by atoms with Gasteiger partial charge in [0.1, 0.15) is 17.1 Å². The molecule has 0 bridgehead atoms. The highest BCUT2D eigenvalue weighted by molar-refractivity contribution is 7.84. The number of nitrogens with one attached hydrogen (secondary N) is 1. The van der Waals surface area contributed by atoms with Crippen LogP contribution >= 0.6 is 0 Å². The van der Waals surface area contributed by atoms with Crippen LogP contribution in [0.15, 0.2) is 48.5 Å². The minimum absolute atomic E-state index is 0.0692. The molecule has 0 aliphatic rings. The van der Waals surface area contributed by atoms with Gasteiger partial charge in [-0.2, -0.15) is 0 Å². The number of fused-ring (bicyclic) bond motifs is 1. The third-order valence-electron chi connectivity index (χ3n) is 4.82.